The lowest BCUT2D eigenvalue weighted by Gasteiger charge is -2.19. The summed E-state index contributed by atoms with van der Waals surface area (Å²) in [7, 11) is 0. The topological polar surface area (TPSA) is 41.1 Å². The first kappa shape index (κ1) is 15.6. The van der Waals surface area contributed by atoms with Gasteiger partial charge >= 0.3 is 6.03 Å². The van der Waals surface area contributed by atoms with Crippen LogP contribution in [0.3, 0.4) is 0 Å². The number of nitrogens with one attached hydrogen (secondary N) is 2. The number of halogens is 1. The first-order chi connectivity index (χ1) is 8.80. The van der Waals surface area contributed by atoms with E-state index in [1.807, 2.05) is 25.1 Å². The van der Waals surface area contributed by atoms with Gasteiger partial charge in [-0.3, -0.25) is 0 Å². The summed E-state index contributed by atoms with van der Waals surface area (Å²) < 4.78 is 0. The van der Waals surface area contributed by atoms with Crippen LogP contribution in [0.2, 0.25) is 5.02 Å². The van der Waals surface area contributed by atoms with Crippen LogP contribution in [0, 0.1) is 5.41 Å². The van der Waals surface area contributed by atoms with Gasteiger partial charge in [0.15, 0.2) is 0 Å². The van der Waals surface area contributed by atoms with Gasteiger partial charge in [0, 0.05) is 17.8 Å². The maximum Gasteiger partial charge on any atom is 0.319 e. The third-order valence-corrected chi connectivity index (χ3v) is 3.37. The first-order valence-corrected chi connectivity index (χ1v) is 6.63. The molecular formula is C15H21ClN2O. The highest BCUT2D eigenvalue weighted by Gasteiger charge is 2.12. The molecule has 0 aliphatic rings. The molecule has 0 saturated heterocycles. The van der Waals surface area contributed by atoms with E-state index in [-0.39, 0.29) is 11.4 Å². The number of allylic oxidation sites excluding steroid dienone is 1. The van der Waals surface area contributed by atoms with Crippen LogP contribution < -0.4 is 10.6 Å². The van der Waals surface area contributed by atoms with E-state index < -0.39 is 0 Å². The van der Waals surface area contributed by atoms with Crippen LogP contribution in [0.25, 0.3) is 0 Å². The Bertz CT molecular complexity index is 475. The predicted octanol–water partition coefficient (Wildman–Crippen LogP) is 4.09. The zero-order chi connectivity index (χ0) is 14.5. The zero-order valence-electron chi connectivity index (χ0n) is 11.9. The normalized spacial score (nSPS) is 12.2. The molecule has 0 aliphatic heterocycles. The lowest BCUT2D eigenvalue weighted by molar-refractivity contribution is 0.243. The first-order valence-electron chi connectivity index (χ1n) is 6.25. The second-order valence-corrected chi connectivity index (χ2v) is 5.90. The molecule has 1 aromatic carbocycles. The Morgan fingerprint density at radius 3 is 2.53 bits per heavy atom. The summed E-state index contributed by atoms with van der Waals surface area (Å²) in [5.74, 6) is 0. The van der Waals surface area contributed by atoms with Crippen molar-refractivity contribution in [2.45, 2.75) is 34.2 Å². The molecule has 1 aromatic rings. The Balaban J connectivity index is 2.48. The Morgan fingerprint density at radius 1 is 1.32 bits per heavy atom. The van der Waals surface area contributed by atoms with E-state index in [9.17, 15) is 4.79 Å². The molecule has 0 fully saturated rings. The molecule has 0 unspecified atom stereocenters. The lowest BCUT2D eigenvalue weighted by Crippen LogP contribution is -2.32. The molecule has 104 valence electrons. The van der Waals surface area contributed by atoms with Gasteiger partial charge in [-0.05, 0) is 24.0 Å². The second-order valence-electron chi connectivity index (χ2n) is 5.50. The van der Waals surface area contributed by atoms with Gasteiger partial charge in [0.1, 0.15) is 0 Å². The number of hydrogen-bond donors (Lipinski definition) is 2. The van der Waals surface area contributed by atoms with Gasteiger partial charge in [0.2, 0.25) is 0 Å². The lowest BCUT2D eigenvalue weighted by atomic mass is 9.88. The van der Waals surface area contributed by atoms with E-state index in [0.717, 1.165) is 11.1 Å². The van der Waals surface area contributed by atoms with Crippen LogP contribution in [0.15, 0.2) is 36.0 Å². The molecule has 0 heterocycles. The monoisotopic (exact) mass is 280 g/mol. The summed E-state index contributed by atoms with van der Waals surface area (Å²) in [5.41, 5.74) is 2.06. The fourth-order valence-electron chi connectivity index (χ4n) is 1.26. The summed E-state index contributed by atoms with van der Waals surface area (Å²) in [4.78, 5) is 11.6. The van der Waals surface area contributed by atoms with Crippen LogP contribution in [0.5, 0.6) is 0 Å². The van der Waals surface area contributed by atoms with Crippen molar-refractivity contribution in [1.82, 2.24) is 10.6 Å². The largest absolute Gasteiger partial charge is 0.334 e. The highest BCUT2D eigenvalue weighted by atomic mass is 35.5. The van der Waals surface area contributed by atoms with E-state index in [2.05, 4.69) is 31.4 Å². The van der Waals surface area contributed by atoms with Gasteiger partial charge in [0.25, 0.3) is 0 Å². The highest BCUT2D eigenvalue weighted by molar-refractivity contribution is 6.31. The highest BCUT2D eigenvalue weighted by Crippen LogP contribution is 2.23. The van der Waals surface area contributed by atoms with Crippen LogP contribution in [-0.4, -0.2) is 6.03 Å². The van der Waals surface area contributed by atoms with E-state index in [1.54, 1.807) is 12.3 Å². The predicted molar refractivity (Wildman–Crippen MR) is 80.0 cm³/mol. The number of benzene rings is 1. The van der Waals surface area contributed by atoms with Gasteiger partial charge in [0.05, 0.1) is 0 Å². The van der Waals surface area contributed by atoms with Crippen LogP contribution in [0.4, 0.5) is 4.79 Å². The molecule has 0 atom stereocenters. The van der Waals surface area contributed by atoms with E-state index in [4.69, 9.17) is 11.6 Å². The molecule has 2 amide bonds. The third-order valence-electron chi connectivity index (χ3n) is 3.00. The molecule has 3 nitrogen and oxygen atoms in total. The van der Waals surface area contributed by atoms with Gasteiger partial charge in [-0.2, -0.15) is 0 Å². The summed E-state index contributed by atoms with van der Waals surface area (Å²) in [6.07, 6.45) is 1.74. The minimum absolute atomic E-state index is 0.0516. The van der Waals surface area contributed by atoms with Gasteiger partial charge in [-0.25, -0.2) is 4.79 Å². The average molecular weight is 281 g/mol. The summed E-state index contributed by atoms with van der Waals surface area (Å²) in [5, 5.41) is 6.15. The van der Waals surface area contributed by atoms with Crippen molar-refractivity contribution >= 4 is 17.6 Å². The van der Waals surface area contributed by atoms with Crippen molar-refractivity contribution in [2.75, 3.05) is 0 Å². The van der Waals surface area contributed by atoms with Gasteiger partial charge in [-0.1, -0.05) is 56.1 Å². The van der Waals surface area contributed by atoms with Crippen molar-refractivity contribution in [1.29, 1.82) is 0 Å². The standard InChI is InChI=1S/C15H21ClN2O/c1-11(15(2,3)4)9-17-14(19)18-10-12-7-5-6-8-13(12)16/h5-9H,10H2,1-4H3,(H2,17,18,19)/b11-9+. The van der Waals surface area contributed by atoms with Gasteiger partial charge < -0.3 is 10.6 Å². The molecular weight excluding hydrogens is 260 g/mol. The van der Waals surface area contributed by atoms with E-state index in [1.165, 1.54) is 0 Å². The fourth-order valence-corrected chi connectivity index (χ4v) is 1.46. The second kappa shape index (κ2) is 6.62. The molecule has 0 aliphatic carbocycles. The van der Waals surface area contributed by atoms with Crippen molar-refractivity contribution < 1.29 is 4.79 Å². The summed E-state index contributed by atoms with van der Waals surface area (Å²) >= 11 is 6.01. The molecule has 0 radical (unpaired) electrons. The molecule has 0 aromatic heterocycles. The quantitative estimate of drug-likeness (QED) is 0.860. The number of carbonyl (C=O) groups is 1. The Kier molecular flexibility index (Phi) is 5.43. The van der Waals surface area contributed by atoms with E-state index in [0.29, 0.717) is 11.6 Å². The zero-order valence-corrected chi connectivity index (χ0v) is 12.6. The maximum atomic E-state index is 11.6. The summed E-state index contributed by atoms with van der Waals surface area (Å²) in [6, 6.07) is 7.22. The number of hydrogen-bond acceptors (Lipinski definition) is 1. The molecule has 4 heteroatoms. The Morgan fingerprint density at radius 2 is 1.95 bits per heavy atom. The molecule has 0 bridgehead atoms. The SMILES string of the molecule is C/C(=C\NC(=O)NCc1ccccc1Cl)C(C)(C)C. The average Bonchev–Trinajstić information content (AvgIpc) is 2.33. The minimum Gasteiger partial charge on any atom is -0.334 e. The molecule has 0 spiro atoms. The Labute approximate surface area is 120 Å². The Hall–Kier alpha value is -1.48. The van der Waals surface area contributed by atoms with Crippen LogP contribution in [-0.2, 0) is 6.54 Å². The fraction of sp³-hybridized carbons (Fsp3) is 0.400. The van der Waals surface area contributed by atoms with Crippen molar-refractivity contribution in [2.24, 2.45) is 5.41 Å². The van der Waals surface area contributed by atoms with Gasteiger partial charge in [-0.15, -0.1) is 0 Å². The third kappa shape index (κ3) is 5.35. The number of urea groups is 1. The van der Waals surface area contributed by atoms with E-state index >= 15 is 0 Å². The maximum absolute atomic E-state index is 11.6. The number of rotatable bonds is 3. The minimum atomic E-state index is -0.233. The molecule has 19 heavy (non-hydrogen) atoms. The summed E-state index contributed by atoms with van der Waals surface area (Å²) in [6.45, 7) is 8.70. The van der Waals surface area contributed by atoms with Crippen LogP contribution >= 0.6 is 11.6 Å². The molecule has 2 N–H and O–H groups in total. The number of carbonyl (C=O) groups excluding carboxylic acids is 1. The van der Waals surface area contributed by atoms with Crippen molar-refractivity contribution in [3.05, 3.63) is 46.6 Å². The van der Waals surface area contributed by atoms with Crippen molar-refractivity contribution in [3.8, 4) is 0 Å². The van der Waals surface area contributed by atoms with Crippen LogP contribution in [0.1, 0.15) is 33.3 Å². The smallest absolute Gasteiger partial charge is 0.319 e. The molecule has 1 rings (SSSR count). The van der Waals surface area contributed by atoms with Crippen molar-refractivity contribution in [3.63, 3.8) is 0 Å². The number of amides is 2. The molecule has 0 saturated carbocycles.